The molecule has 6 heteroatoms. The second-order valence-electron chi connectivity index (χ2n) is 0.217. The van der Waals surface area contributed by atoms with Crippen LogP contribution in [0.2, 0.25) is 0 Å². The third kappa shape index (κ3) is 52.7. The Kier molecular flexibility index (Phi) is 25.2. The minimum Gasteiger partial charge on any atom is -0.439 e. The van der Waals surface area contributed by atoms with Crippen molar-refractivity contribution in [3.05, 3.63) is 0 Å². The van der Waals surface area contributed by atoms with Crippen molar-refractivity contribution < 1.29 is 59.3 Å². The average Bonchev–Trinajstić information content (AvgIpc) is 0.811. The quantitative estimate of drug-likeness (QED) is 0.177. The van der Waals surface area contributed by atoms with Crippen molar-refractivity contribution in [2.75, 3.05) is 0 Å². The van der Waals surface area contributed by atoms with Gasteiger partial charge in [0.15, 0.2) is 0 Å². The second kappa shape index (κ2) is 9.65. The van der Waals surface area contributed by atoms with E-state index in [9.17, 15) is 0 Å². The summed E-state index contributed by atoms with van der Waals surface area (Å²) in [4.78, 5) is 0. The standard InChI is InChI=1S/Co.Na.HO3S/c;;1-4(2)3/h;;(H,1,2,3)/q;+1;-1. The Hall–Kier alpha value is 1.42. The van der Waals surface area contributed by atoms with Gasteiger partial charge in [-0.2, -0.15) is 0 Å². The van der Waals surface area contributed by atoms with Gasteiger partial charge in [0.25, 0.3) is 0 Å². The van der Waals surface area contributed by atoms with Crippen LogP contribution in [0.1, 0.15) is 0 Å². The molecular weight excluding hydrogens is 162 g/mol. The van der Waals surface area contributed by atoms with E-state index in [2.05, 4.69) is 0 Å². The molecule has 0 saturated heterocycles. The van der Waals surface area contributed by atoms with Crippen LogP contribution in [0.15, 0.2) is 0 Å². The monoisotopic (exact) mass is 163 g/mol. The maximum atomic E-state index is 8.56. The van der Waals surface area contributed by atoms with Crippen molar-refractivity contribution in [3.8, 4) is 0 Å². The second-order valence-corrected chi connectivity index (χ2v) is 0.651. The van der Waals surface area contributed by atoms with E-state index in [0.29, 0.717) is 0 Å². The SMILES string of the molecule is O=[S-](=O)O.[Co].[Na+]. The van der Waals surface area contributed by atoms with E-state index in [0.717, 1.165) is 0 Å². The molecule has 0 bridgehead atoms. The number of hydrogen-bond acceptors (Lipinski definition) is 3. The molecule has 35 valence electrons. The molecule has 0 heterocycles. The van der Waals surface area contributed by atoms with Gasteiger partial charge in [-0.25, -0.2) is 0 Å². The van der Waals surface area contributed by atoms with Crippen LogP contribution < -0.4 is 29.6 Å². The fourth-order valence-corrected chi connectivity index (χ4v) is 0. The van der Waals surface area contributed by atoms with E-state index in [1.54, 1.807) is 0 Å². The summed E-state index contributed by atoms with van der Waals surface area (Å²) in [6.45, 7) is 0. The first-order valence-corrected chi connectivity index (χ1v) is 1.55. The molecule has 0 amide bonds. The first kappa shape index (κ1) is 15.7. The summed E-state index contributed by atoms with van der Waals surface area (Å²) < 4.78 is 24.1. The minimum atomic E-state index is -2.86. The molecule has 0 unspecified atom stereocenters. The van der Waals surface area contributed by atoms with Crippen LogP contribution in [0.4, 0.5) is 0 Å². The van der Waals surface area contributed by atoms with E-state index in [1.165, 1.54) is 0 Å². The van der Waals surface area contributed by atoms with Crippen molar-refractivity contribution in [2.24, 2.45) is 0 Å². The molecule has 0 aliphatic carbocycles. The normalized spacial score (nSPS) is 5.67. The fraction of sp³-hybridized carbons (Fsp3) is 0. The van der Waals surface area contributed by atoms with Gasteiger partial charge in [-0.05, 0) is 0 Å². The molecular formula is HCoNaO3S. The Balaban J connectivity index is -0.0000000450. The van der Waals surface area contributed by atoms with Crippen molar-refractivity contribution in [2.45, 2.75) is 0 Å². The van der Waals surface area contributed by atoms with E-state index >= 15 is 0 Å². The first-order valence-electron chi connectivity index (χ1n) is 0.516. The molecule has 0 rings (SSSR count). The van der Waals surface area contributed by atoms with E-state index < -0.39 is 11.0 Å². The summed E-state index contributed by atoms with van der Waals surface area (Å²) in [5.74, 6) is 0. The molecule has 0 fully saturated rings. The molecule has 0 aromatic carbocycles. The predicted molar refractivity (Wildman–Crippen MR) is 11.4 cm³/mol. The van der Waals surface area contributed by atoms with Gasteiger partial charge in [0, 0.05) is 27.8 Å². The van der Waals surface area contributed by atoms with Crippen LogP contribution >= 0.6 is 0 Å². The average molecular weight is 163 g/mol. The zero-order chi connectivity index (χ0) is 3.58. The molecule has 0 spiro atoms. The smallest absolute Gasteiger partial charge is 0.439 e. The van der Waals surface area contributed by atoms with Crippen molar-refractivity contribution >= 4 is 11.0 Å². The van der Waals surface area contributed by atoms with Gasteiger partial charge < -0.3 is 13.0 Å². The maximum Gasteiger partial charge on any atom is 1.00 e. The summed E-state index contributed by atoms with van der Waals surface area (Å²) in [5, 5.41) is 0. The van der Waals surface area contributed by atoms with Crippen molar-refractivity contribution in [1.82, 2.24) is 0 Å². The van der Waals surface area contributed by atoms with Crippen LogP contribution in [0, 0.1) is 0 Å². The zero-order valence-electron chi connectivity index (χ0n) is 3.01. The Morgan fingerprint density at radius 2 is 1.33 bits per heavy atom. The van der Waals surface area contributed by atoms with E-state index in [4.69, 9.17) is 13.0 Å². The molecule has 0 aliphatic rings. The topological polar surface area (TPSA) is 54.4 Å². The molecule has 1 radical (unpaired) electrons. The van der Waals surface area contributed by atoms with Crippen LogP contribution in [0.3, 0.4) is 0 Å². The molecule has 1 N–H and O–H groups in total. The largest absolute Gasteiger partial charge is 1.00 e. The summed E-state index contributed by atoms with van der Waals surface area (Å²) in [6.07, 6.45) is 0. The zero-order valence-corrected chi connectivity index (χ0v) is 6.86. The van der Waals surface area contributed by atoms with Crippen LogP contribution in [0.25, 0.3) is 0 Å². The summed E-state index contributed by atoms with van der Waals surface area (Å²) in [5.41, 5.74) is 0. The maximum absolute atomic E-state index is 8.56. The van der Waals surface area contributed by atoms with Gasteiger partial charge in [0.05, 0.1) is 0 Å². The van der Waals surface area contributed by atoms with Gasteiger partial charge in [0.2, 0.25) is 0 Å². The molecule has 0 saturated carbocycles. The van der Waals surface area contributed by atoms with Crippen molar-refractivity contribution in [3.63, 3.8) is 0 Å². The van der Waals surface area contributed by atoms with Crippen molar-refractivity contribution in [1.29, 1.82) is 0 Å². The number of hydrogen-bond donors (Lipinski definition) is 1. The number of rotatable bonds is 0. The van der Waals surface area contributed by atoms with Gasteiger partial charge in [-0.15, -0.1) is 0 Å². The first-order chi connectivity index (χ1) is 1.73. The van der Waals surface area contributed by atoms with Gasteiger partial charge >= 0.3 is 29.6 Å². The summed E-state index contributed by atoms with van der Waals surface area (Å²) in [7, 11) is -2.86. The Labute approximate surface area is 69.8 Å². The minimum absolute atomic E-state index is 0. The molecule has 0 atom stereocenters. The Morgan fingerprint density at radius 3 is 1.33 bits per heavy atom. The molecule has 0 aromatic heterocycles. The predicted octanol–water partition coefficient (Wildman–Crippen LogP) is -3.23. The summed E-state index contributed by atoms with van der Waals surface area (Å²) in [6, 6.07) is 0. The van der Waals surface area contributed by atoms with E-state index in [1.807, 2.05) is 0 Å². The molecule has 6 heavy (non-hydrogen) atoms. The third-order valence-corrected chi connectivity index (χ3v) is 0. The summed E-state index contributed by atoms with van der Waals surface area (Å²) >= 11 is 0. The van der Waals surface area contributed by atoms with Gasteiger partial charge in [0.1, 0.15) is 0 Å². The molecule has 0 aromatic rings. The van der Waals surface area contributed by atoms with Gasteiger partial charge in [-0.1, -0.05) is 0 Å². The van der Waals surface area contributed by atoms with Crippen LogP contribution in [-0.2, 0) is 36.2 Å². The third-order valence-electron chi connectivity index (χ3n) is 0. The van der Waals surface area contributed by atoms with Crippen LogP contribution in [0.5, 0.6) is 0 Å². The van der Waals surface area contributed by atoms with Gasteiger partial charge in [-0.3, -0.25) is 0 Å². The fourth-order valence-electron chi connectivity index (χ4n) is 0. The molecule has 3 nitrogen and oxygen atoms in total. The van der Waals surface area contributed by atoms with E-state index in [-0.39, 0.29) is 46.3 Å². The molecule has 0 aliphatic heterocycles. The van der Waals surface area contributed by atoms with Crippen LogP contribution in [-0.4, -0.2) is 4.55 Å². The Bertz CT molecular complexity index is 59.2. The Morgan fingerprint density at radius 1 is 1.33 bits per heavy atom.